The van der Waals surface area contributed by atoms with E-state index in [1.165, 1.54) is 7.05 Å². The number of hydrazine groups is 1. The summed E-state index contributed by atoms with van der Waals surface area (Å²) in [5.41, 5.74) is 7.25. The molecule has 7 nitrogen and oxygen atoms in total. The Bertz CT molecular complexity index is 155. The molecule has 0 heterocycles. The largest absolute Gasteiger partial charge is 0.384 e. The maximum absolute atomic E-state index is 10.5. The topological polar surface area (TPSA) is 118 Å². The van der Waals surface area contributed by atoms with Crippen molar-refractivity contribution >= 4 is 11.9 Å². The van der Waals surface area contributed by atoms with Gasteiger partial charge in [-0.3, -0.25) is 0 Å². The van der Waals surface area contributed by atoms with Crippen LogP contribution in [0.5, 0.6) is 0 Å². The number of nitrogens with one attached hydrogen (secondary N) is 3. The highest BCUT2D eigenvalue weighted by Gasteiger charge is 1.95. The minimum absolute atomic E-state index is 0.157. The van der Waals surface area contributed by atoms with Gasteiger partial charge in [-0.2, -0.15) is 5.10 Å². The zero-order valence-electron chi connectivity index (χ0n) is 6.22. The normalized spacial score (nSPS) is 10.5. The lowest BCUT2D eigenvalue weighted by Gasteiger charge is -2.02. The van der Waals surface area contributed by atoms with Gasteiger partial charge in [-0.25, -0.2) is 16.2 Å². The van der Waals surface area contributed by atoms with Crippen LogP contribution in [0.2, 0.25) is 0 Å². The van der Waals surface area contributed by atoms with E-state index in [1.807, 2.05) is 5.53 Å². The third-order valence-corrected chi connectivity index (χ3v) is 0.865. The summed E-state index contributed by atoms with van der Waals surface area (Å²) in [6, 6.07) is -0.319. The predicted molar refractivity (Wildman–Crippen MR) is 41.4 cm³/mol. The van der Waals surface area contributed by atoms with E-state index in [9.17, 15) is 4.79 Å². The second-order valence-corrected chi connectivity index (χ2v) is 1.66. The van der Waals surface area contributed by atoms with Crippen LogP contribution in [0, 0.1) is 0 Å². The van der Waals surface area contributed by atoms with Crippen molar-refractivity contribution in [2.24, 2.45) is 16.7 Å². The Labute approximate surface area is 64.2 Å². The first-order chi connectivity index (χ1) is 5.20. The van der Waals surface area contributed by atoms with Crippen LogP contribution in [0.4, 0.5) is 4.79 Å². The molecule has 0 bridgehead atoms. The van der Waals surface area contributed by atoms with Crippen molar-refractivity contribution in [1.29, 1.82) is 0 Å². The summed E-state index contributed by atoms with van der Waals surface area (Å²) in [6.45, 7) is 0.157. The second-order valence-electron chi connectivity index (χ2n) is 1.66. The smallest absolute Gasteiger partial charge is 0.314 e. The molecule has 0 saturated heterocycles. The summed E-state index contributed by atoms with van der Waals surface area (Å²) >= 11 is 0. The number of hydrazone groups is 1. The number of carbonyl (C=O) groups excluding carboxylic acids is 1. The van der Waals surface area contributed by atoms with Gasteiger partial charge in [-0.05, 0) is 0 Å². The van der Waals surface area contributed by atoms with Crippen molar-refractivity contribution in [1.82, 2.24) is 16.2 Å². The zero-order valence-corrected chi connectivity index (χ0v) is 6.22. The molecule has 0 aromatic rings. The summed E-state index contributed by atoms with van der Waals surface area (Å²) in [5, 5.41) is 8.18. The molecule has 0 spiro atoms. The van der Waals surface area contributed by atoms with Crippen molar-refractivity contribution in [3.05, 3.63) is 0 Å². The maximum atomic E-state index is 10.5. The van der Waals surface area contributed by atoms with Crippen molar-refractivity contribution in [2.75, 3.05) is 13.6 Å². The number of hydrogen-bond donors (Lipinski definition) is 5. The number of amides is 2. The standard InChI is InChI=1S/C4H12N6O/c1-7-4(11)8-2-3(5)9-10-6/h10H,2,6H2,1H3,(H2,5,9)(H2,7,8,11). The molecule has 0 aromatic heterocycles. The quantitative estimate of drug-likeness (QED) is 0.137. The number of nitrogens with two attached hydrogens (primary N) is 2. The first-order valence-corrected chi connectivity index (χ1v) is 2.94. The lowest BCUT2D eigenvalue weighted by atomic mass is 10.6. The van der Waals surface area contributed by atoms with Crippen molar-refractivity contribution in [2.45, 2.75) is 0 Å². The molecule has 0 aliphatic carbocycles. The van der Waals surface area contributed by atoms with Crippen LogP contribution in [0.15, 0.2) is 5.10 Å². The molecule has 0 saturated carbocycles. The summed E-state index contributed by atoms with van der Waals surface area (Å²) in [7, 11) is 1.50. The van der Waals surface area contributed by atoms with Gasteiger partial charge < -0.3 is 16.4 Å². The Hall–Kier alpha value is -1.50. The molecule has 7 heteroatoms. The molecule has 7 N–H and O–H groups in total. The minimum Gasteiger partial charge on any atom is -0.384 e. The van der Waals surface area contributed by atoms with Gasteiger partial charge >= 0.3 is 6.03 Å². The molecule has 0 aliphatic heterocycles. The average molecular weight is 160 g/mol. The number of urea groups is 1. The molecule has 2 amide bonds. The third-order valence-electron chi connectivity index (χ3n) is 0.865. The van der Waals surface area contributed by atoms with E-state index in [-0.39, 0.29) is 18.4 Å². The van der Waals surface area contributed by atoms with Gasteiger partial charge in [0.25, 0.3) is 0 Å². The fourth-order valence-electron chi connectivity index (χ4n) is 0.382. The molecule has 0 fully saturated rings. The fourth-order valence-corrected chi connectivity index (χ4v) is 0.382. The van der Waals surface area contributed by atoms with E-state index in [1.54, 1.807) is 0 Å². The Kier molecular flexibility index (Phi) is 4.58. The van der Waals surface area contributed by atoms with Gasteiger partial charge in [0, 0.05) is 7.05 Å². The third kappa shape index (κ3) is 4.97. The summed E-state index contributed by atoms with van der Waals surface area (Å²) in [5.74, 6) is 5.03. The van der Waals surface area contributed by atoms with Crippen LogP contribution >= 0.6 is 0 Å². The highest BCUT2D eigenvalue weighted by Crippen LogP contribution is 1.63. The number of carbonyl (C=O) groups is 1. The molecular formula is C4H12N6O. The van der Waals surface area contributed by atoms with Crippen LogP contribution in [0.3, 0.4) is 0 Å². The molecular weight excluding hydrogens is 148 g/mol. The monoisotopic (exact) mass is 160 g/mol. The molecule has 0 rings (SSSR count). The lowest BCUT2D eigenvalue weighted by molar-refractivity contribution is 0.244. The zero-order chi connectivity index (χ0) is 8.69. The Balaban J connectivity index is 3.53. The summed E-state index contributed by atoms with van der Waals surface area (Å²) < 4.78 is 0. The highest BCUT2D eigenvalue weighted by atomic mass is 16.2. The van der Waals surface area contributed by atoms with Crippen molar-refractivity contribution < 1.29 is 4.79 Å². The van der Waals surface area contributed by atoms with E-state index < -0.39 is 0 Å². The predicted octanol–water partition coefficient (Wildman–Crippen LogP) is -2.35. The first-order valence-electron chi connectivity index (χ1n) is 2.94. The van der Waals surface area contributed by atoms with E-state index in [0.29, 0.717) is 0 Å². The van der Waals surface area contributed by atoms with Crippen molar-refractivity contribution in [3.8, 4) is 0 Å². The van der Waals surface area contributed by atoms with Crippen LogP contribution in [-0.2, 0) is 0 Å². The Morgan fingerprint density at radius 1 is 1.64 bits per heavy atom. The van der Waals surface area contributed by atoms with Gasteiger partial charge in [0.15, 0.2) is 0 Å². The average Bonchev–Trinajstić information content (AvgIpc) is 2.01. The SMILES string of the molecule is CNC(=O)NC/C(N)=N/NN. The van der Waals surface area contributed by atoms with Gasteiger partial charge in [-0.1, -0.05) is 0 Å². The van der Waals surface area contributed by atoms with Gasteiger partial charge in [0.2, 0.25) is 0 Å². The summed E-state index contributed by atoms with van der Waals surface area (Å²) in [4.78, 5) is 10.5. The summed E-state index contributed by atoms with van der Waals surface area (Å²) in [6.07, 6.45) is 0. The van der Waals surface area contributed by atoms with Crippen LogP contribution in [0.1, 0.15) is 0 Å². The molecule has 0 unspecified atom stereocenters. The van der Waals surface area contributed by atoms with Crippen LogP contribution in [0.25, 0.3) is 0 Å². The number of rotatable bonds is 3. The number of hydrogen-bond acceptors (Lipinski definition) is 4. The number of amidine groups is 1. The molecule has 11 heavy (non-hydrogen) atoms. The van der Waals surface area contributed by atoms with E-state index in [0.717, 1.165) is 0 Å². The number of nitrogens with zero attached hydrogens (tertiary/aromatic N) is 1. The second kappa shape index (κ2) is 5.30. The molecule has 0 atom stereocenters. The van der Waals surface area contributed by atoms with E-state index in [4.69, 9.17) is 11.6 Å². The van der Waals surface area contributed by atoms with E-state index in [2.05, 4.69) is 15.7 Å². The minimum atomic E-state index is -0.319. The Morgan fingerprint density at radius 2 is 2.27 bits per heavy atom. The lowest BCUT2D eigenvalue weighted by Crippen LogP contribution is -2.39. The fraction of sp³-hybridized carbons (Fsp3) is 0.500. The molecule has 0 aliphatic rings. The molecule has 64 valence electrons. The highest BCUT2D eigenvalue weighted by molar-refractivity contribution is 5.86. The van der Waals surface area contributed by atoms with Crippen LogP contribution < -0.4 is 27.7 Å². The molecule has 0 aromatic carbocycles. The van der Waals surface area contributed by atoms with Crippen LogP contribution in [-0.4, -0.2) is 25.5 Å². The van der Waals surface area contributed by atoms with Gasteiger partial charge in [-0.15, -0.1) is 0 Å². The maximum Gasteiger partial charge on any atom is 0.314 e. The van der Waals surface area contributed by atoms with Gasteiger partial charge in [0.05, 0.1) is 6.54 Å². The van der Waals surface area contributed by atoms with Gasteiger partial charge in [0.1, 0.15) is 5.84 Å². The van der Waals surface area contributed by atoms with Crippen molar-refractivity contribution in [3.63, 3.8) is 0 Å². The molecule has 0 radical (unpaired) electrons. The first kappa shape index (κ1) is 9.50. The Morgan fingerprint density at radius 3 is 2.73 bits per heavy atom. The van der Waals surface area contributed by atoms with E-state index >= 15 is 0 Å².